The Balaban J connectivity index is 2.42. The van der Waals surface area contributed by atoms with Crippen molar-refractivity contribution in [2.75, 3.05) is 25.6 Å². The molecule has 1 aromatic carbocycles. The molecule has 0 aromatic heterocycles. The molecule has 0 saturated carbocycles. The molecule has 1 heterocycles. The molecule has 111 valence electrons. The molecule has 0 bridgehead atoms. The van der Waals surface area contributed by atoms with Gasteiger partial charge in [0.25, 0.3) is 0 Å². The van der Waals surface area contributed by atoms with E-state index in [1.54, 1.807) is 21.3 Å². The van der Waals surface area contributed by atoms with Gasteiger partial charge in [0.2, 0.25) is 0 Å². The summed E-state index contributed by atoms with van der Waals surface area (Å²) in [6, 6.07) is 10.2. The Bertz CT molecular complexity index is 455. The lowest BCUT2D eigenvalue weighted by Crippen LogP contribution is -2.88. The summed E-state index contributed by atoms with van der Waals surface area (Å²) in [5.41, 5.74) is 1.10. The van der Waals surface area contributed by atoms with Gasteiger partial charge in [-0.3, -0.25) is 9.30 Å². The molecule has 6 nitrogen and oxygen atoms in total. The van der Waals surface area contributed by atoms with Crippen molar-refractivity contribution in [2.45, 2.75) is 13.1 Å². The van der Waals surface area contributed by atoms with Gasteiger partial charge >= 0.3 is 26.6 Å². The average Bonchev–Trinajstić information content (AvgIpc) is 2.47. The first-order valence-corrected chi connectivity index (χ1v) is 12.5. The highest BCUT2D eigenvalue weighted by Crippen LogP contribution is 2.25. The van der Waals surface area contributed by atoms with E-state index in [4.69, 9.17) is 13.3 Å². The summed E-state index contributed by atoms with van der Waals surface area (Å²) < 4.78 is 26.7. The zero-order valence-corrected chi connectivity index (χ0v) is 15.6. The number of anilines is 1. The molecule has 0 spiro atoms. The second-order valence-corrected chi connectivity index (χ2v) is 14.1. The Morgan fingerprint density at radius 3 is 2.20 bits per heavy atom. The first-order valence-electron chi connectivity index (χ1n) is 6.42. The Hall–Kier alpha value is -0.529. The van der Waals surface area contributed by atoms with E-state index in [0.717, 1.165) is 5.69 Å². The van der Waals surface area contributed by atoms with Crippen LogP contribution in [0.2, 0.25) is 13.1 Å². The van der Waals surface area contributed by atoms with Gasteiger partial charge in [0, 0.05) is 27.0 Å². The lowest BCUT2D eigenvalue weighted by atomic mass is 10.3. The van der Waals surface area contributed by atoms with Crippen molar-refractivity contribution in [2.24, 2.45) is 0 Å². The third-order valence-electron chi connectivity index (χ3n) is 3.46. The van der Waals surface area contributed by atoms with Crippen LogP contribution in [0.4, 0.5) is 5.69 Å². The minimum atomic E-state index is -2.34. The fourth-order valence-corrected chi connectivity index (χ4v) is 15.3. The average molecular weight is 329 g/mol. The Kier molecular flexibility index (Phi) is 4.81. The molecule has 1 aromatic rings. The van der Waals surface area contributed by atoms with E-state index in [0.29, 0.717) is 0 Å². The van der Waals surface area contributed by atoms with Crippen LogP contribution in [0.1, 0.15) is 0 Å². The van der Waals surface area contributed by atoms with Crippen LogP contribution in [-0.4, -0.2) is 48.0 Å². The number of hydrogen-bond acceptors (Lipinski definition) is 6. The van der Waals surface area contributed by atoms with E-state index in [1.165, 1.54) is 0 Å². The van der Waals surface area contributed by atoms with Crippen molar-refractivity contribution in [3.8, 4) is 0 Å². The van der Waals surface area contributed by atoms with Gasteiger partial charge in [0.15, 0.2) is 0 Å². The van der Waals surface area contributed by atoms with Gasteiger partial charge in [-0.25, -0.2) is 0 Å². The highest BCUT2D eigenvalue weighted by atomic mass is 28.5. The molecule has 9 heteroatoms. The first-order chi connectivity index (χ1) is 9.48. The van der Waals surface area contributed by atoms with Crippen LogP contribution >= 0.6 is 0 Å². The largest absolute Gasteiger partial charge is 0.430 e. The molecular weight excluding hydrogens is 306 g/mol. The molecule has 2 atom stereocenters. The van der Waals surface area contributed by atoms with E-state index in [1.807, 2.05) is 18.2 Å². The topological polar surface area (TPSA) is 55.0 Å². The first kappa shape index (κ1) is 15.9. The number of nitrogens with one attached hydrogen (secondary N) is 2. The van der Waals surface area contributed by atoms with Crippen LogP contribution in [-0.2, 0) is 13.3 Å². The lowest BCUT2D eigenvalue weighted by Gasteiger charge is -2.51. The van der Waals surface area contributed by atoms with Gasteiger partial charge in [-0.15, -0.1) is 0 Å². The van der Waals surface area contributed by atoms with E-state index < -0.39 is 26.6 Å². The predicted octanol–water partition coefficient (Wildman–Crippen LogP) is 0.747. The van der Waals surface area contributed by atoms with Gasteiger partial charge in [0.1, 0.15) is 0 Å². The van der Waals surface area contributed by atoms with Gasteiger partial charge in [-0.1, -0.05) is 18.2 Å². The monoisotopic (exact) mass is 328 g/mol. The standard InChI is InChI=1S/C11H22N3O3Si3/c1-15-18-12-19(4,16-2)13-20(5,17-3)14(18)11-9-7-6-8-10-11/h6-10,12-13H,1-5H3. The summed E-state index contributed by atoms with van der Waals surface area (Å²) in [5, 5.41) is 0. The molecule has 1 saturated heterocycles. The predicted molar refractivity (Wildman–Crippen MR) is 85.2 cm³/mol. The molecule has 20 heavy (non-hydrogen) atoms. The maximum absolute atomic E-state index is 5.89. The van der Waals surface area contributed by atoms with Crippen molar-refractivity contribution in [1.82, 2.24) is 9.30 Å². The summed E-state index contributed by atoms with van der Waals surface area (Å²) in [7, 11) is -0.764. The van der Waals surface area contributed by atoms with Crippen molar-refractivity contribution < 1.29 is 13.3 Å². The van der Waals surface area contributed by atoms with E-state index in [-0.39, 0.29) is 0 Å². The second kappa shape index (κ2) is 6.07. The number of hydrogen-bond donors (Lipinski definition) is 2. The molecule has 1 radical (unpaired) electrons. The van der Waals surface area contributed by atoms with Crippen LogP contribution in [0.3, 0.4) is 0 Å². The summed E-state index contributed by atoms with van der Waals surface area (Å²) >= 11 is 0. The van der Waals surface area contributed by atoms with Crippen LogP contribution in [0.15, 0.2) is 30.3 Å². The SMILES string of the molecule is CO[Si]1N[Si](C)(OC)N[Si](C)(OC)N1c1ccccc1. The van der Waals surface area contributed by atoms with Crippen molar-refractivity contribution in [3.05, 3.63) is 30.3 Å². The molecular formula is C11H22N3O3Si3. The minimum Gasteiger partial charge on any atom is -0.396 e. The van der Waals surface area contributed by atoms with Gasteiger partial charge < -0.3 is 17.5 Å². The maximum atomic E-state index is 5.89. The molecule has 1 aliphatic heterocycles. The minimum absolute atomic E-state index is 1.10. The molecule has 2 N–H and O–H groups in total. The summed E-state index contributed by atoms with van der Waals surface area (Å²) in [5.74, 6) is 0. The van der Waals surface area contributed by atoms with E-state index >= 15 is 0 Å². The van der Waals surface area contributed by atoms with Crippen molar-refractivity contribution in [1.29, 1.82) is 0 Å². The number of benzene rings is 1. The quantitative estimate of drug-likeness (QED) is 0.796. The van der Waals surface area contributed by atoms with Gasteiger partial charge in [-0.05, 0) is 25.2 Å². The number of nitrogens with zero attached hydrogens (tertiary/aromatic N) is 1. The van der Waals surface area contributed by atoms with Crippen molar-refractivity contribution >= 4 is 32.3 Å². The van der Waals surface area contributed by atoms with Crippen LogP contribution < -0.4 is 13.5 Å². The molecule has 1 fully saturated rings. The van der Waals surface area contributed by atoms with Gasteiger partial charge in [0.05, 0.1) is 0 Å². The molecule has 2 unspecified atom stereocenters. The fourth-order valence-electron chi connectivity index (χ4n) is 2.31. The molecule has 2 rings (SSSR count). The van der Waals surface area contributed by atoms with Crippen LogP contribution in [0.5, 0.6) is 0 Å². The zero-order chi connectivity index (χ0) is 14.8. The Morgan fingerprint density at radius 1 is 1.05 bits per heavy atom. The highest BCUT2D eigenvalue weighted by molar-refractivity contribution is 7.01. The second-order valence-electron chi connectivity index (χ2n) is 4.85. The lowest BCUT2D eigenvalue weighted by molar-refractivity contribution is 0.341. The summed E-state index contributed by atoms with van der Waals surface area (Å²) in [6.07, 6.45) is 0. The van der Waals surface area contributed by atoms with Crippen LogP contribution in [0, 0.1) is 0 Å². The van der Waals surface area contributed by atoms with Gasteiger partial charge in [-0.2, -0.15) is 0 Å². The number of para-hydroxylation sites is 1. The molecule has 1 aliphatic rings. The number of rotatable bonds is 4. The zero-order valence-electron chi connectivity index (χ0n) is 12.6. The third kappa shape index (κ3) is 2.89. The maximum Gasteiger partial charge on any atom is 0.430 e. The summed E-state index contributed by atoms with van der Waals surface area (Å²) in [4.78, 5) is 0. The fraction of sp³-hybridized carbons (Fsp3) is 0.455. The normalized spacial score (nSPS) is 31.6. The summed E-state index contributed by atoms with van der Waals surface area (Å²) in [6.45, 7) is 4.22. The third-order valence-corrected chi connectivity index (χ3v) is 15.7. The molecule has 0 aliphatic carbocycles. The molecule has 0 amide bonds. The Morgan fingerprint density at radius 2 is 1.70 bits per heavy atom. The Labute approximate surface area is 124 Å². The highest BCUT2D eigenvalue weighted by Gasteiger charge is 2.56. The van der Waals surface area contributed by atoms with Crippen molar-refractivity contribution in [3.63, 3.8) is 0 Å². The van der Waals surface area contributed by atoms with E-state index in [2.05, 4.69) is 38.8 Å². The smallest absolute Gasteiger partial charge is 0.396 e. The van der Waals surface area contributed by atoms with Crippen LogP contribution in [0.25, 0.3) is 0 Å². The van der Waals surface area contributed by atoms with E-state index in [9.17, 15) is 0 Å².